The molecule has 0 bridgehead atoms. The van der Waals surface area contributed by atoms with E-state index >= 15 is 4.39 Å². The molecule has 2 N–H and O–H groups in total. The van der Waals surface area contributed by atoms with Crippen molar-refractivity contribution < 1.29 is 9.18 Å². The summed E-state index contributed by atoms with van der Waals surface area (Å²) in [5.74, 6) is -0.118. The smallest absolute Gasteiger partial charge is 0.324 e. The Bertz CT molecular complexity index is 1390. The van der Waals surface area contributed by atoms with Gasteiger partial charge in [0.1, 0.15) is 23.6 Å². The summed E-state index contributed by atoms with van der Waals surface area (Å²) in [5, 5.41) is 0.617. The molecule has 2 aromatic heterocycles. The first-order valence-corrected chi connectivity index (χ1v) is 11.3. The number of fused-ring (bicyclic) bond motifs is 1. The number of anilines is 2. The summed E-state index contributed by atoms with van der Waals surface area (Å²) in [4.78, 5) is 24.8. The Morgan fingerprint density at radius 1 is 1.03 bits per heavy atom. The maximum atomic E-state index is 15.3. The van der Waals surface area contributed by atoms with Crippen LogP contribution in [0.5, 0.6) is 0 Å². The van der Waals surface area contributed by atoms with Gasteiger partial charge < -0.3 is 15.2 Å². The Balaban J connectivity index is 1.36. The van der Waals surface area contributed by atoms with Gasteiger partial charge in [0.2, 0.25) is 0 Å². The number of hydrogen-bond acceptors (Lipinski definition) is 4. The molecule has 1 aliphatic rings. The van der Waals surface area contributed by atoms with Gasteiger partial charge in [-0.25, -0.2) is 19.2 Å². The van der Waals surface area contributed by atoms with Crippen LogP contribution in [0.4, 0.5) is 20.7 Å². The minimum atomic E-state index is -0.422. The van der Waals surface area contributed by atoms with E-state index in [0.29, 0.717) is 53.3 Å². The minimum absolute atomic E-state index is 0.0978. The normalized spacial score (nSPS) is 13.9. The number of hydrogen-bond donors (Lipinski definition) is 1. The zero-order valence-electron chi connectivity index (χ0n) is 19.5. The number of nitrogens with zero attached hydrogens (tertiary/aromatic N) is 5. The van der Waals surface area contributed by atoms with Crippen molar-refractivity contribution in [2.75, 3.05) is 30.3 Å². The van der Waals surface area contributed by atoms with Crippen LogP contribution in [-0.2, 0) is 13.5 Å². The molecular formula is C26H27FN6O. The van der Waals surface area contributed by atoms with Gasteiger partial charge >= 0.3 is 6.03 Å². The summed E-state index contributed by atoms with van der Waals surface area (Å²) >= 11 is 0. The second kappa shape index (κ2) is 8.44. The topological polar surface area (TPSA) is 80.3 Å². The molecule has 174 valence electrons. The van der Waals surface area contributed by atoms with E-state index in [1.54, 1.807) is 27.8 Å². The highest BCUT2D eigenvalue weighted by molar-refractivity contribution is 6.01. The fraction of sp³-hybridized carbons (Fsp3) is 0.269. The lowest BCUT2D eigenvalue weighted by Crippen LogP contribution is -2.33. The maximum absolute atomic E-state index is 15.3. The first-order valence-electron chi connectivity index (χ1n) is 11.3. The van der Waals surface area contributed by atoms with Crippen LogP contribution in [-0.4, -0.2) is 45.1 Å². The Hall–Kier alpha value is -3.94. The summed E-state index contributed by atoms with van der Waals surface area (Å²) in [6, 6.07) is 11.2. The molecule has 34 heavy (non-hydrogen) atoms. The van der Waals surface area contributed by atoms with Gasteiger partial charge in [-0.15, -0.1) is 0 Å². The second-order valence-corrected chi connectivity index (χ2v) is 8.94. The molecule has 2 amide bonds. The van der Waals surface area contributed by atoms with Crippen LogP contribution in [0, 0.1) is 19.7 Å². The van der Waals surface area contributed by atoms with E-state index in [9.17, 15) is 4.79 Å². The van der Waals surface area contributed by atoms with Gasteiger partial charge in [0.05, 0.1) is 5.39 Å². The predicted molar refractivity (Wildman–Crippen MR) is 132 cm³/mol. The highest BCUT2D eigenvalue weighted by Crippen LogP contribution is 2.35. The first kappa shape index (κ1) is 21.9. The number of urea groups is 1. The zero-order chi connectivity index (χ0) is 24.0. The lowest BCUT2D eigenvalue weighted by atomic mass is 10.0. The molecule has 5 rings (SSSR count). The number of carbonyl (C=O) groups is 1. The van der Waals surface area contributed by atoms with Crippen molar-refractivity contribution >= 4 is 28.6 Å². The minimum Gasteiger partial charge on any atom is -0.383 e. The number of nitrogen functional groups attached to an aromatic ring is 1. The quantitative estimate of drug-likeness (QED) is 0.479. The fourth-order valence-electron chi connectivity index (χ4n) is 4.84. The van der Waals surface area contributed by atoms with Crippen molar-refractivity contribution in [3.05, 3.63) is 71.4 Å². The highest BCUT2D eigenvalue weighted by atomic mass is 19.1. The molecular weight excluding hydrogens is 431 g/mol. The molecule has 4 aromatic rings. The van der Waals surface area contributed by atoms with Crippen LogP contribution < -0.4 is 10.6 Å². The van der Waals surface area contributed by atoms with Crippen molar-refractivity contribution in [3.63, 3.8) is 0 Å². The predicted octanol–water partition coefficient (Wildman–Crippen LogP) is 4.46. The van der Waals surface area contributed by atoms with E-state index < -0.39 is 5.82 Å². The lowest BCUT2D eigenvalue weighted by molar-refractivity contribution is 0.221. The summed E-state index contributed by atoms with van der Waals surface area (Å²) in [5.41, 5.74) is 11.9. The van der Waals surface area contributed by atoms with Gasteiger partial charge in [-0.2, -0.15) is 0 Å². The summed E-state index contributed by atoms with van der Waals surface area (Å²) < 4.78 is 17.1. The van der Waals surface area contributed by atoms with E-state index in [4.69, 9.17) is 5.73 Å². The van der Waals surface area contributed by atoms with Gasteiger partial charge in [0.25, 0.3) is 0 Å². The van der Waals surface area contributed by atoms with Crippen LogP contribution in [0.3, 0.4) is 0 Å². The number of aryl methyl sites for hydroxylation is 3. The van der Waals surface area contributed by atoms with Crippen molar-refractivity contribution in [1.82, 2.24) is 19.4 Å². The molecule has 3 heterocycles. The summed E-state index contributed by atoms with van der Waals surface area (Å²) in [7, 11) is 1.83. The Morgan fingerprint density at radius 3 is 2.53 bits per heavy atom. The van der Waals surface area contributed by atoms with E-state index in [-0.39, 0.29) is 6.03 Å². The van der Waals surface area contributed by atoms with Crippen LogP contribution in [0.2, 0.25) is 0 Å². The summed E-state index contributed by atoms with van der Waals surface area (Å²) in [6.45, 7) is 5.94. The van der Waals surface area contributed by atoms with E-state index in [2.05, 4.69) is 42.0 Å². The molecule has 0 aliphatic carbocycles. The van der Waals surface area contributed by atoms with Crippen molar-refractivity contribution in [3.8, 4) is 11.1 Å². The Morgan fingerprint density at radius 2 is 1.79 bits per heavy atom. The third kappa shape index (κ3) is 3.85. The van der Waals surface area contributed by atoms with Crippen LogP contribution in [0.25, 0.3) is 22.2 Å². The molecule has 1 aliphatic heterocycles. The lowest BCUT2D eigenvalue weighted by Gasteiger charge is -2.19. The molecule has 0 radical (unpaired) electrons. The maximum Gasteiger partial charge on any atom is 0.324 e. The van der Waals surface area contributed by atoms with Crippen molar-refractivity contribution in [1.29, 1.82) is 0 Å². The third-order valence-electron chi connectivity index (χ3n) is 6.38. The molecule has 0 atom stereocenters. The van der Waals surface area contributed by atoms with Gasteiger partial charge in [-0.1, -0.05) is 29.3 Å². The van der Waals surface area contributed by atoms with Gasteiger partial charge in [0, 0.05) is 49.7 Å². The largest absolute Gasteiger partial charge is 0.383 e. The number of rotatable bonds is 5. The molecule has 7 nitrogen and oxygen atoms in total. The average Bonchev–Trinajstić information content (AvgIpc) is 3.32. The Labute approximate surface area is 197 Å². The fourth-order valence-corrected chi connectivity index (χ4v) is 4.84. The van der Waals surface area contributed by atoms with Crippen LogP contribution >= 0.6 is 0 Å². The molecule has 0 unspecified atom stereocenters. The van der Waals surface area contributed by atoms with Gasteiger partial charge in [-0.3, -0.25) is 4.90 Å². The average molecular weight is 459 g/mol. The molecule has 0 spiro atoms. The number of carbonyl (C=O) groups excluding carboxylic acids is 1. The van der Waals surface area contributed by atoms with Crippen LogP contribution in [0.1, 0.15) is 16.7 Å². The summed E-state index contributed by atoms with van der Waals surface area (Å²) in [6.07, 6.45) is 3.98. The van der Waals surface area contributed by atoms with Crippen molar-refractivity contribution in [2.24, 2.45) is 7.05 Å². The SMILES string of the molecule is Cc1cc(C)cc(CCN2CCN(c3ccc(-c4cn(C)c5ncnc(N)c45)c(F)c3)C2=O)c1. The molecule has 8 heteroatoms. The van der Waals surface area contributed by atoms with Crippen molar-refractivity contribution in [2.45, 2.75) is 20.3 Å². The molecule has 1 fully saturated rings. The first-order chi connectivity index (χ1) is 16.3. The highest BCUT2D eigenvalue weighted by Gasteiger charge is 2.30. The zero-order valence-corrected chi connectivity index (χ0v) is 19.5. The number of benzene rings is 2. The second-order valence-electron chi connectivity index (χ2n) is 8.94. The number of amides is 2. The van der Waals surface area contributed by atoms with E-state index in [1.165, 1.54) is 29.1 Å². The Kier molecular flexibility index (Phi) is 5.43. The van der Waals surface area contributed by atoms with E-state index in [1.807, 2.05) is 11.9 Å². The van der Waals surface area contributed by atoms with Gasteiger partial charge in [0.15, 0.2) is 0 Å². The standard InChI is InChI=1S/C26H27FN6O/c1-16-10-17(2)12-18(11-16)6-7-32-8-9-33(26(32)34)19-4-5-20(22(27)13-19)21-14-31(3)25-23(21)24(28)29-15-30-25/h4-5,10-15H,6-9H2,1-3H3,(H2,28,29,30). The molecule has 1 saturated heterocycles. The number of aromatic nitrogens is 3. The third-order valence-corrected chi connectivity index (χ3v) is 6.38. The number of halogens is 1. The monoisotopic (exact) mass is 458 g/mol. The molecule has 0 saturated carbocycles. The van der Waals surface area contributed by atoms with Gasteiger partial charge in [-0.05, 0) is 44.0 Å². The number of nitrogens with two attached hydrogens (primary N) is 1. The molecule has 2 aromatic carbocycles. The van der Waals surface area contributed by atoms with E-state index in [0.717, 1.165) is 6.42 Å². The van der Waals surface area contributed by atoms with Crippen LogP contribution in [0.15, 0.2) is 48.9 Å².